The molecule has 0 radical (unpaired) electrons. The summed E-state index contributed by atoms with van der Waals surface area (Å²) in [6.45, 7) is -0.0712. The van der Waals surface area contributed by atoms with Crippen LogP contribution in [0, 0.1) is 5.82 Å². The first-order chi connectivity index (χ1) is 15.5. The Labute approximate surface area is 182 Å². The number of halogens is 1. The van der Waals surface area contributed by atoms with Crippen LogP contribution in [0.1, 0.15) is 11.1 Å². The van der Waals surface area contributed by atoms with Crippen molar-refractivity contribution in [2.24, 2.45) is 0 Å². The molecule has 32 heavy (non-hydrogen) atoms. The molecule has 4 rings (SSSR count). The molecule has 1 heterocycles. The molecule has 1 aromatic heterocycles. The number of ether oxygens (including phenoxy) is 1. The van der Waals surface area contributed by atoms with Gasteiger partial charge in [-0.2, -0.15) is 0 Å². The number of fused-ring (bicyclic) bond motifs is 1. The number of carbonyl (C=O) groups is 2. The molecule has 0 spiro atoms. The average Bonchev–Trinajstić information content (AvgIpc) is 3.22. The van der Waals surface area contributed by atoms with Crippen molar-refractivity contribution in [3.63, 3.8) is 0 Å². The summed E-state index contributed by atoms with van der Waals surface area (Å²) in [7, 11) is 0. The number of carboxylic acids is 1. The van der Waals surface area contributed by atoms with Gasteiger partial charge >= 0.3 is 12.1 Å². The molecule has 1 amide bonds. The Morgan fingerprint density at radius 3 is 2.50 bits per heavy atom. The van der Waals surface area contributed by atoms with Crippen molar-refractivity contribution in [2.45, 2.75) is 19.1 Å². The van der Waals surface area contributed by atoms with Crippen molar-refractivity contribution in [2.75, 3.05) is 0 Å². The maximum atomic E-state index is 13.1. The lowest BCUT2D eigenvalue weighted by Gasteiger charge is -2.14. The number of nitrogens with one attached hydrogen (secondary N) is 1. The van der Waals surface area contributed by atoms with Crippen LogP contribution in [0.5, 0.6) is 0 Å². The average molecular weight is 434 g/mol. The second-order valence-electron chi connectivity index (χ2n) is 7.13. The number of carboxylic acid groups (broad SMARTS) is 1. The lowest BCUT2D eigenvalue weighted by molar-refractivity contribution is -0.139. The highest BCUT2D eigenvalue weighted by Crippen LogP contribution is 2.25. The minimum atomic E-state index is -1.15. The van der Waals surface area contributed by atoms with Gasteiger partial charge in [-0.25, -0.2) is 19.0 Å². The number of aliphatic carboxylic acids is 1. The summed E-state index contributed by atoms with van der Waals surface area (Å²) in [5, 5.41) is 11.8. The maximum absolute atomic E-state index is 13.1. The van der Waals surface area contributed by atoms with Gasteiger partial charge in [0.25, 0.3) is 0 Å². The first-order valence-electron chi connectivity index (χ1n) is 9.83. The van der Waals surface area contributed by atoms with Crippen LogP contribution in [-0.4, -0.2) is 28.2 Å². The minimum absolute atomic E-state index is 0.0712. The third-order valence-electron chi connectivity index (χ3n) is 4.79. The molecular formula is C24H19FN2O5. The molecule has 2 N–H and O–H groups in total. The van der Waals surface area contributed by atoms with Gasteiger partial charge in [0.05, 0.1) is 0 Å². The highest BCUT2D eigenvalue weighted by atomic mass is 19.1. The van der Waals surface area contributed by atoms with Gasteiger partial charge in [0.1, 0.15) is 24.0 Å². The van der Waals surface area contributed by atoms with Crippen LogP contribution < -0.4 is 5.32 Å². The first kappa shape index (κ1) is 21.0. The number of benzene rings is 3. The van der Waals surface area contributed by atoms with Crippen LogP contribution in [0.25, 0.3) is 22.6 Å². The molecule has 1 atom stereocenters. The zero-order chi connectivity index (χ0) is 22.5. The van der Waals surface area contributed by atoms with Gasteiger partial charge in [0.2, 0.25) is 5.89 Å². The van der Waals surface area contributed by atoms with Gasteiger partial charge in [-0.3, -0.25) is 0 Å². The molecule has 0 fully saturated rings. The summed E-state index contributed by atoms with van der Waals surface area (Å²) in [5.41, 5.74) is 3.16. The number of carbonyl (C=O) groups excluding carboxylic acids is 1. The maximum Gasteiger partial charge on any atom is 0.408 e. The van der Waals surface area contributed by atoms with E-state index in [1.165, 1.54) is 12.1 Å². The van der Waals surface area contributed by atoms with Gasteiger partial charge in [-0.05, 0) is 47.5 Å². The number of hydrogen-bond donors (Lipinski definition) is 2. The van der Waals surface area contributed by atoms with Gasteiger partial charge in [-0.15, -0.1) is 0 Å². The van der Waals surface area contributed by atoms with Crippen LogP contribution in [0.4, 0.5) is 9.18 Å². The van der Waals surface area contributed by atoms with Crippen molar-refractivity contribution in [3.8, 4) is 11.5 Å². The topological polar surface area (TPSA) is 102 Å². The van der Waals surface area contributed by atoms with Gasteiger partial charge in [-0.1, -0.05) is 36.4 Å². The Morgan fingerprint density at radius 2 is 1.78 bits per heavy atom. The Morgan fingerprint density at radius 1 is 1.03 bits per heavy atom. The van der Waals surface area contributed by atoms with E-state index >= 15 is 0 Å². The second kappa shape index (κ2) is 9.30. The monoisotopic (exact) mass is 434 g/mol. The minimum Gasteiger partial charge on any atom is -0.480 e. The normalized spacial score (nSPS) is 11.8. The Hall–Kier alpha value is -4.20. The Bertz CT molecular complexity index is 1240. The standard InChI is InChI=1S/C24H19FN2O5/c25-18-9-7-17(8-10-18)22-26-19-13-16(6-11-21(19)32-22)14-31-24(30)27-20(23(28)29)12-15-4-2-1-3-5-15/h1-11,13,20H,12,14H2,(H,27,30)(H,28,29). The fourth-order valence-corrected chi connectivity index (χ4v) is 3.16. The Balaban J connectivity index is 1.39. The number of rotatable bonds is 7. The number of nitrogens with zero attached hydrogens (tertiary/aromatic N) is 1. The van der Waals surface area contributed by atoms with E-state index in [9.17, 15) is 19.1 Å². The van der Waals surface area contributed by atoms with Crippen LogP contribution in [0.3, 0.4) is 0 Å². The lowest BCUT2D eigenvalue weighted by Crippen LogP contribution is -2.42. The molecular weight excluding hydrogens is 415 g/mol. The number of alkyl carbamates (subject to hydrolysis) is 1. The Kier molecular flexibility index (Phi) is 6.12. The first-order valence-corrected chi connectivity index (χ1v) is 9.83. The summed E-state index contributed by atoms with van der Waals surface area (Å²) >= 11 is 0. The molecule has 162 valence electrons. The van der Waals surface area contributed by atoms with Crippen LogP contribution in [0.15, 0.2) is 77.2 Å². The van der Waals surface area contributed by atoms with E-state index < -0.39 is 18.1 Å². The second-order valence-corrected chi connectivity index (χ2v) is 7.13. The summed E-state index contributed by atoms with van der Waals surface area (Å²) in [6, 6.07) is 18.8. The van der Waals surface area contributed by atoms with E-state index in [0.717, 1.165) is 5.56 Å². The molecule has 0 saturated heterocycles. The molecule has 7 nitrogen and oxygen atoms in total. The summed E-state index contributed by atoms with van der Waals surface area (Å²) < 4.78 is 24.0. The molecule has 0 aliphatic heterocycles. The van der Waals surface area contributed by atoms with Crippen molar-refractivity contribution in [3.05, 3.63) is 89.7 Å². The highest BCUT2D eigenvalue weighted by molar-refractivity contribution is 5.80. The van der Waals surface area contributed by atoms with Gasteiger partial charge in [0, 0.05) is 12.0 Å². The van der Waals surface area contributed by atoms with E-state index in [1.54, 1.807) is 54.6 Å². The fourth-order valence-electron chi connectivity index (χ4n) is 3.16. The lowest BCUT2D eigenvalue weighted by atomic mass is 10.1. The number of hydrogen-bond acceptors (Lipinski definition) is 5. The van der Waals surface area contributed by atoms with Gasteiger partial charge in [0.15, 0.2) is 5.58 Å². The molecule has 4 aromatic rings. The predicted molar refractivity (Wildman–Crippen MR) is 114 cm³/mol. The van der Waals surface area contributed by atoms with E-state index in [1.807, 2.05) is 6.07 Å². The summed E-state index contributed by atoms with van der Waals surface area (Å²) in [4.78, 5) is 28.0. The zero-order valence-electron chi connectivity index (χ0n) is 16.8. The smallest absolute Gasteiger partial charge is 0.408 e. The van der Waals surface area contributed by atoms with Crippen molar-refractivity contribution >= 4 is 23.2 Å². The van der Waals surface area contributed by atoms with Crippen LogP contribution in [0.2, 0.25) is 0 Å². The van der Waals surface area contributed by atoms with Crippen LogP contribution in [-0.2, 0) is 22.6 Å². The predicted octanol–water partition coefficient (Wildman–Crippen LogP) is 4.56. The number of oxazole rings is 1. The van der Waals surface area contributed by atoms with Gasteiger partial charge < -0.3 is 19.6 Å². The molecule has 3 aromatic carbocycles. The fraction of sp³-hybridized carbons (Fsp3) is 0.125. The molecule has 8 heteroatoms. The summed E-state index contributed by atoms with van der Waals surface area (Å²) in [6.07, 6.45) is -0.692. The third-order valence-corrected chi connectivity index (χ3v) is 4.79. The van der Waals surface area contributed by atoms with Crippen LogP contribution >= 0.6 is 0 Å². The van der Waals surface area contributed by atoms with E-state index in [4.69, 9.17) is 9.15 Å². The van der Waals surface area contributed by atoms with Crippen molar-refractivity contribution in [1.82, 2.24) is 10.3 Å². The van der Waals surface area contributed by atoms with E-state index in [-0.39, 0.29) is 18.8 Å². The van der Waals surface area contributed by atoms with Crippen molar-refractivity contribution in [1.29, 1.82) is 0 Å². The van der Waals surface area contributed by atoms with Crippen molar-refractivity contribution < 1.29 is 28.2 Å². The number of amides is 1. The quantitative estimate of drug-likeness (QED) is 0.442. The zero-order valence-corrected chi connectivity index (χ0v) is 16.8. The van der Waals surface area contributed by atoms with E-state index in [0.29, 0.717) is 28.1 Å². The number of aromatic nitrogens is 1. The van der Waals surface area contributed by atoms with E-state index in [2.05, 4.69) is 10.3 Å². The highest BCUT2D eigenvalue weighted by Gasteiger charge is 2.21. The SMILES string of the molecule is O=C(NC(Cc1ccccc1)C(=O)O)OCc1ccc2oc(-c3ccc(F)cc3)nc2c1. The third kappa shape index (κ3) is 5.10. The largest absolute Gasteiger partial charge is 0.480 e. The summed E-state index contributed by atoms with van der Waals surface area (Å²) in [5.74, 6) is -1.15. The molecule has 0 aliphatic carbocycles. The molecule has 0 bridgehead atoms. The molecule has 0 aliphatic rings. The molecule has 1 unspecified atom stereocenters. The molecule has 0 saturated carbocycles.